The zero-order chi connectivity index (χ0) is 12.9. The molecule has 1 N–H and O–H groups in total. The molecule has 1 saturated heterocycles. The lowest BCUT2D eigenvalue weighted by atomic mass is 9.93. The molecule has 2 heterocycles. The fourth-order valence-corrected chi connectivity index (χ4v) is 2.56. The largest absolute Gasteiger partial charge is 0.339 e. The Hall–Kier alpha value is -1.68. The number of piperidine rings is 1. The van der Waals surface area contributed by atoms with Crippen LogP contribution in [0.1, 0.15) is 25.2 Å². The molecule has 4 heteroatoms. The molecule has 1 aliphatic rings. The standard InChI is InChI=1S/C15H19N3O/c1-2-4-13(5-3-1)15-17-14(19-18-15)7-6-12-8-10-16-11-9-12/h1-5,12,16H,6-11H2. The first kappa shape index (κ1) is 12.4. The van der Waals surface area contributed by atoms with Gasteiger partial charge in [-0.15, -0.1) is 0 Å². The zero-order valence-corrected chi connectivity index (χ0v) is 11.0. The van der Waals surface area contributed by atoms with Crippen LogP contribution in [0.3, 0.4) is 0 Å². The van der Waals surface area contributed by atoms with Crippen LogP contribution < -0.4 is 5.32 Å². The lowest BCUT2D eigenvalue weighted by Gasteiger charge is -2.21. The highest BCUT2D eigenvalue weighted by Gasteiger charge is 2.15. The Balaban J connectivity index is 1.59. The molecule has 1 aromatic carbocycles. The summed E-state index contributed by atoms with van der Waals surface area (Å²) in [6.07, 6.45) is 4.57. The van der Waals surface area contributed by atoms with Crippen LogP contribution in [-0.2, 0) is 6.42 Å². The number of benzene rings is 1. The van der Waals surface area contributed by atoms with E-state index in [1.807, 2.05) is 30.3 Å². The van der Waals surface area contributed by atoms with E-state index in [9.17, 15) is 0 Å². The van der Waals surface area contributed by atoms with Crippen molar-refractivity contribution in [1.29, 1.82) is 0 Å². The predicted molar refractivity (Wildman–Crippen MR) is 73.6 cm³/mol. The number of rotatable bonds is 4. The highest BCUT2D eigenvalue weighted by atomic mass is 16.5. The van der Waals surface area contributed by atoms with Crippen molar-refractivity contribution in [3.63, 3.8) is 0 Å². The highest BCUT2D eigenvalue weighted by Crippen LogP contribution is 2.20. The summed E-state index contributed by atoms with van der Waals surface area (Å²) in [6, 6.07) is 9.96. The number of aromatic nitrogens is 2. The summed E-state index contributed by atoms with van der Waals surface area (Å²) < 4.78 is 5.33. The van der Waals surface area contributed by atoms with Gasteiger partial charge in [0.25, 0.3) is 0 Å². The molecule has 3 rings (SSSR count). The fourth-order valence-electron chi connectivity index (χ4n) is 2.56. The number of nitrogens with one attached hydrogen (secondary N) is 1. The third-order valence-corrected chi connectivity index (χ3v) is 3.73. The van der Waals surface area contributed by atoms with Gasteiger partial charge < -0.3 is 9.84 Å². The van der Waals surface area contributed by atoms with Crippen LogP contribution >= 0.6 is 0 Å². The first-order valence-corrected chi connectivity index (χ1v) is 7.00. The summed E-state index contributed by atoms with van der Waals surface area (Å²) >= 11 is 0. The normalized spacial score (nSPS) is 16.6. The summed E-state index contributed by atoms with van der Waals surface area (Å²) in [5.74, 6) is 2.26. The molecule has 0 radical (unpaired) electrons. The van der Waals surface area contributed by atoms with Gasteiger partial charge in [0.1, 0.15) is 0 Å². The quantitative estimate of drug-likeness (QED) is 0.915. The smallest absolute Gasteiger partial charge is 0.226 e. The number of hydrogen-bond acceptors (Lipinski definition) is 4. The molecule has 0 saturated carbocycles. The molecule has 4 nitrogen and oxygen atoms in total. The Morgan fingerprint density at radius 3 is 2.74 bits per heavy atom. The number of aryl methyl sites for hydroxylation is 1. The molecule has 0 spiro atoms. The second-order valence-corrected chi connectivity index (χ2v) is 5.11. The van der Waals surface area contributed by atoms with Crippen molar-refractivity contribution in [1.82, 2.24) is 15.5 Å². The lowest BCUT2D eigenvalue weighted by molar-refractivity contribution is 0.324. The van der Waals surface area contributed by atoms with Gasteiger partial charge in [0.15, 0.2) is 0 Å². The van der Waals surface area contributed by atoms with Gasteiger partial charge in [0.2, 0.25) is 11.7 Å². The van der Waals surface area contributed by atoms with Crippen LogP contribution in [-0.4, -0.2) is 23.2 Å². The summed E-state index contributed by atoms with van der Waals surface area (Å²) in [5.41, 5.74) is 1.01. The van der Waals surface area contributed by atoms with Crippen molar-refractivity contribution in [3.8, 4) is 11.4 Å². The molecule has 1 aromatic heterocycles. The predicted octanol–water partition coefficient (Wildman–Crippen LogP) is 2.67. The van der Waals surface area contributed by atoms with Gasteiger partial charge in [0.05, 0.1) is 0 Å². The van der Waals surface area contributed by atoms with Crippen molar-refractivity contribution < 1.29 is 4.52 Å². The van der Waals surface area contributed by atoms with Crippen molar-refractivity contribution in [2.75, 3.05) is 13.1 Å². The molecule has 0 aliphatic carbocycles. The minimum Gasteiger partial charge on any atom is -0.339 e. The van der Waals surface area contributed by atoms with E-state index in [1.54, 1.807) is 0 Å². The van der Waals surface area contributed by atoms with Crippen molar-refractivity contribution in [2.45, 2.75) is 25.7 Å². The third kappa shape index (κ3) is 3.20. The number of hydrogen-bond donors (Lipinski definition) is 1. The fraction of sp³-hybridized carbons (Fsp3) is 0.467. The van der Waals surface area contributed by atoms with Gasteiger partial charge in [-0.3, -0.25) is 0 Å². The van der Waals surface area contributed by atoms with E-state index in [0.29, 0.717) is 5.82 Å². The first-order valence-electron chi connectivity index (χ1n) is 7.00. The van der Waals surface area contributed by atoms with Crippen LogP contribution in [0.5, 0.6) is 0 Å². The summed E-state index contributed by atoms with van der Waals surface area (Å²) in [5, 5.41) is 7.44. The SMILES string of the molecule is c1ccc(-c2noc(CCC3CCNCC3)n2)cc1. The molecular formula is C15H19N3O. The topological polar surface area (TPSA) is 51.0 Å². The van der Waals surface area contributed by atoms with E-state index < -0.39 is 0 Å². The van der Waals surface area contributed by atoms with Crippen molar-refractivity contribution in [2.24, 2.45) is 5.92 Å². The second kappa shape index (κ2) is 5.97. The molecular weight excluding hydrogens is 238 g/mol. The van der Waals surface area contributed by atoms with E-state index in [2.05, 4.69) is 15.5 Å². The summed E-state index contributed by atoms with van der Waals surface area (Å²) in [4.78, 5) is 4.47. The minimum absolute atomic E-state index is 0.695. The molecule has 0 atom stereocenters. The van der Waals surface area contributed by atoms with Crippen LogP contribution in [0, 0.1) is 5.92 Å². The monoisotopic (exact) mass is 257 g/mol. The Morgan fingerprint density at radius 1 is 1.16 bits per heavy atom. The number of nitrogens with zero attached hydrogens (tertiary/aromatic N) is 2. The maximum absolute atomic E-state index is 5.33. The summed E-state index contributed by atoms with van der Waals surface area (Å²) in [6.45, 7) is 2.29. The summed E-state index contributed by atoms with van der Waals surface area (Å²) in [7, 11) is 0. The zero-order valence-electron chi connectivity index (χ0n) is 11.0. The minimum atomic E-state index is 0.695. The molecule has 1 aliphatic heterocycles. The Kier molecular flexibility index (Phi) is 3.89. The van der Waals surface area contributed by atoms with Crippen molar-refractivity contribution in [3.05, 3.63) is 36.2 Å². The maximum Gasteiger partial charge on any atom is 0.226 e. The van der Waals surface area contributed by atoms with Crippen LogP contribution in [0.15, 0.2) is 34.9 Å². The maximum atomic E-state index is 5.33. The van der Waals surface area contributed by atoms with Gasteiger partial charge in [0, 0.05) is 12.0 Å². The van der Waals surface area contributed by atoms with E-state index in [-0.39, 0.29) is 0 Å². The van der Waals surface area contributed by atoms with Gasteiger partial charge in [-0.05, 0) is 38.3 Å². The molecule has 19 heavy (non-hydrogen) atoms. The Labute approximate surface area is 113 Å². The molecule has 100 valence electrons. The Morgan fingerprint density at radius 2 is 1.95 bits per heavy atom. The van der Waals surface area contributed by atoms with Gasteiger partial charge in [-0.1, -0.05) is 35.5 Å². The molecule has 0 unspecified atom stereocenters. The van der Waals surface area contributed by atoms with Crippen molar-refractivity contribution >= 4 is 0 Å². The third-order valence-electron chi connectivity index (χ3n) is 3.73. The molecule has 1 fully saturated rings. The van der Waals surface area contributed by atoms with E-state index in [1.165, 1.54) is 12.8 Å². The van der Waals surface area contributed by atoms with E-state index >= 15 is 0 Å². The van der Waals surface area contributed by atoms with Crippen LogP contribution in [0.25, 0.3) is 11.4 Å². The molecule has 0 amide bonds. The highest BCUT2D eigenvalue weighted by molar-refractivity contribution is 5.53. The van der Waals surface area contributed by atoms with E-state index in [0.717, 1.165) is 43.3 Å². The second-order valence-electron chi connectivity index (χ2n) is 5.11. The average molecular weight is 257 g/mol. The first-order chi connectivity index (χ1) is 9.42. The van der Waals surface area contributed by atoms with Gasteiger partial charge in [-0.2, -0.15) is 4.98 Å². The van der Waals surface area contributed by atoms with Crippen LogP contribution in [0.4, 0.5) is 0 Å². The van der Waals surface area contributed by atoms with Crippen LogP contribution in [0.2, 0.25) is 0 Å². The molecule has 2 aromatic rings. The van der Waals surface area contributed by atoms with E-state index in [4.69, 9.17) is 4.52 Å². The van der Waals surface area contributed by atoms with Gasteiger partial charge >= 0.3 is 0 Å². The lowest BCUT2D eigenvalue weighted by Crippen LogP contribution is -2.27. The Bertz CT molecular complexity index is 503. The average Bonchev–Trinajstić information content (AvgIpc) is 2.96. The van der Waals surface area contributed by atoms with Gasteiger partial charge in [-0.25, -0.2) is 0 Å². The molecule has 0 bridgehead atoms.